The molecule has 0 bridgehead atoms. The van der Waals surface area contributed by atoms with Crippen molar-refractivity contribution < 1.29 is 14.7 Å². The Labute approximate surface area is 186 Å². The Kier molecular flexibility index (Phi) is 6.18. The van der Waals surface area contributed by atoms with E-state index in [2.05, 4.69) is 0 Å². The number of hydrogen-bond acceptors (Lipinski definition) is 4. The van der Waals surface area contributed by atoms with Crippen molar-refractivity contribution in [1.82, 2.24) is 14.7 Å². The zero-order chi connectivity index (χ0) is 22.6. The van der Waals surface area contributed by atoms with Crippen LogP contribution in [0.15, 0.2) is 72.9 Å². The fourth-order valence-electron chi connectivity index (χ4n) is 3.84. The molecular formula is C25H26N4O3. The summed E-state index contributed by atoms with van der Waals surface area (Å²) < 4.78 is 1.87. The lowest BCUT2D eigenvalue weighted by molar-refractivity contribution is -0.145. The number of nitrogens with zero attached hydrogens (tertiary/aromatic N) is 3. The molecular weight excluding hydrogens is 404 g/mol. The molecule has 7 heteroatoms. The maximum atomic E-state index is 12.7. The summed E-state index contributed by atoms with van der Waals surface area (Å²) >= 11 is 0. The molecule has 0 aliphatic carbocycles. The predicted molar refractivity (Wildman–Crippen MR) is 122 cm³/mol. The van der Waals surface area contributed by atoms with E-state index in [0.29, 0.717) is 6.54 Å². The topological polar surface area (TPSA) is 101 Å². The third-order valence-electron chi connectivity index (χ3n) is 5.79. The average Bonchev–Trinajstić information content (AvgIpc) is 3.21. The first-order chi connectivity index (χ1) is 15.4. The number of amides is 2. The van der Waals surface area contributed by atoms with Gasteiger partial charge in [0.05, 0.1) is 12.2 Å². The normalized spacial score (nSPS) is 15.7. The Hall–Kier alpha value is -3.71. The number of hydrogen-bond donors (Lipinski definition) is 2. The minimum Gasteiger partial charge on any atom is -0.380 e. The van der Waals surface area contributed by atoms with Crippen LogP contribution in [-0.4, -0.2) is 50.3 Å². The molecule has 4 rings (SSSR count). The second kappa shape index (κ2) is 9.20. The summed E-state index contributed by atoms with van der Waals surface area (Å²) in [5.74, 6) is -0.912. The first kappa shape index (κ1) is 21.5. The van der Waals surface area contributed by atoms with E-state index in [0.717, 1.165) is 22.4 Å². The monoisotopic (exact) mass is 430 g/mol. The third-order valence-corrected chi connectivity index (χ3v) is 5.79. The van der Waals surface area contributed by atoms with Crippen LogP contribution in [0.1, 0.15) is 24.0 Å². The van der Waals surface area contributed by atoms with Gasteiger partial charge < -0.3 is 15.7 Å². The second-order valence-corrected chi connectivity index (χ2v) is 8.04. The molecule has 1 saturated heterocycles. The second-order valence-electron chi connectivity index (χ2n) is 8.04. The summed E-state index contributed by atoms with van der Waals surface area (Å²) in [6, 6.07) is 19.9. The molecule has 0 atom stereocenters. The Morgan fingerprint density at radius 1 is 1.03 bits per heavy atom. The maximum absolute atomic E-state index is 12.7. The number of carbonyl (C=O) groups is 2. The van der Waals surface area contributed by atoms with Crippen molar-refractivity contribution in [3.8, 4) is 11.3 Å². The van der Waals surface area contributed by atoms with Crippen LogP contribution < -0.4 is 5.73 Å². The molecule has 164 valence electrons. The van der Waals surface area contributed by atoms with Crippen molar-refractivity contribution in [2.75, 3.05) is 13.1 Å². The van der Waals surface area contributed by atoms with Gasteiger partial charge in [-0.15, -0.1) is 0 Å². The number of benzene rings is 2. The molecule has 2 heterocycles. The summed E-state index contributed by atoms with van der Waals surface area (Å²) in [5.41, 5.74) is 7.48. The summed E-state index contributed by atoms with van der Waals surface area (Å²) in [4.78, 5) is 25.7. The van der Waals surface area contributed by atoms with Gasteiger partial charge in [0.25, 0.3) is 0 Å². The van der Waals surface area contributed by atoms with E-state index in [1.54, 1.807) is 11.0 Å². The molecule has 1 aromatic heterocycles. The standard InChI is InChI=1S/C25H26N4O3/c26-24(31)25(32)13-15-28(16-14-25)22(30)12-11-21-18-29(17-19-7-3-1-4-8-19)27-23(21)20-9-5-2-6-10-20/h1-12,18,32H,13-17H2,(H2,26,31)/b12-11+. The van der Waals surface area contributed by atoms with E-state index in [1.165, 1.54) is 6.08 Å². The fraction of sp³-hybridized carbons (Fsp3) is 0.240. The van der Waals surface area contributed by atoms with E-state index in [-0.39, 0.29) is 31.8 Å². The molecule has 3 aromatic rings. The number of piperidine rings is 1. The molecule has 0 spiro atoms. The van der Waals surface area contributed by atoms with Crippen molar-refractivity contribution >= 4 is 17.9 Å². The molecule has 1 aliphatic heterocycles. The minimum atomic E-state index is -1.53. The molecule has 0 saturated carbocycles. The van der Waals surface area contributed by atoms with Crippen molar-refractivity contribution in [2.24, 2.45) is 5.73 Å². The molecule has 3 N–H and O–H groups in total. The first-order valence-corrected chi connectivity index (χ1v) is 10.6. The third kappa shape index (κ3) is 4.78. The zero-order valence-corrected chi connectivity index (χ0v) is 17.7. The number of nitrogens with two attached hydrogens (primary N) is 1. The molecule has 0 radical (unpaired) electrons. The van der Waals surface area contributed by atoms with Crippen LogP contribution >= 0.6 is 0 Å². The van der Waals surface area contributed by atoms with Gasteiger partial charge in [0, 0.05) is 49.3 Å². The van der Waals surface area contributed by atoms with Gasteiger partial charge in [0.15, 0.2) is 0 Å². The van der Waals surface area contributed by atoms with E-state index in [9.17, 15) is 14.7 Å². The van der Waals surface area contributed by atoms with Gasteiger partial charge in [0.1, 0.15) is 5.60 Å². The molecule has 32 heavy (non-hydrogen) atoms. The van der Waals surface area contributed by atoms with Crippen molar-refractivity contribution in [3.05, 3.63) is 84.1 Å². The highest BCUT2D eigenvalue weighted by atomic mass is 16.3. The molecule has 1 aliphatic rings. The lowest BCUT2D eigenvalue weighted by atomic mass is 9.91. The highest BCUT2D eigenvalue weighted by molar-refractivity contribution is 5.93. The first-order valence-electron chi connectivity index (χ1n) is 10.6. The van der Waals surface area contributed by atoms with Crippen LogP contribution in [0.4, 0.5) is 0 Å². The Morgan fingerprint density at radius 2 is 1.66 bits per heavy atom. The van der Waals surface area contributed by atoms with Crippen LogP contribution in [0, 0.1) is 0 Å². The number of primary amides is 1. The number of aliphatic hydroxyl groups is 1. The molecule has 7 nitrogen and oxygen atoms in total. The minimum absolute atomic E-state index is 0.145. The van der Waals surface area contributed by atoms with E-state index >= 15 is 0 Å². The molecule has 2 aromatic carbocycles. The van der Waals surface area contributed by atoms with Gasteiger partial charge in [-0.2, -0.15) is 5.10 Å². The van der Waals surface area contributed by atoms with Gasteiger partial charge in [-0.25, -0.2) is 0 Å². The Bertz CT molecular complexity index is 1110. The van der Waals surface area contributed by atoms with Crippen LogP contribution in [-0.2, 0) is 16.1 Å². The zero-order valence-electron chi connectivity index (χ0n) is 17.7. The summed E-state index contributed by atoms with van der Waals surface area (Å²) in [5, 5.41) is 15.0. The number of carbonyl (C=O) groups excluding carboxylic acids is 2. The fourth-order valence-corrected chi connectivity index (χ4v) is 3.84. The van der Waals surface area contributed by atoms with E-state index in [4.69, 9.17) is 10.8 Å². The van der Waals surface area contributed by atoms with Crippen molar-refractivity contribution in [1.29, 1.82) is 0 Å². The lowest BCUT2D eigenvalue weighted by Gasteiger charge is -2.35. The molecule has 2 amide bonds. The average molecular weight is 431 g/mol. The van der Waals surface area contributed by atoms with Crippen molar-refractivity contribution in [2.45, 2.75) is 25.0 Å². The quantitative estimate of drug-likeness (QED) is 0.587. The largest absolute Gasteiger partial charge is 0.380 e. The van der Waals surface area contributed by atoms with Crippen LogP contribution in [0.5, 0.6) is 0 Å². The maximum Gasteiger partial charge on any atom is 0.249 e. The van der Waals surface area contributed by atoms with E-state index < -0.39 is 11.5 Å². The highest BCUT2D eigenvalue weighted by Gasteiger charge is 2.38. The van der Waals surface area contributed by atoms with E-state index in [1.807, 2.05) is 71.5 Å². The number of likely N-dealkylation sites (tertiary alicyclic amines) is 1. The Balaban J connectivity index is 1.53. The van der Waals surface area contributed by atoms with Gasteiger partial charge in [-0.1, -0.05) is 60.7 Å². The summed E-state index contributed by atoms with van der Waals surface area (Å²) in [6.07, 6.45) is 5.51. The van der Waals surface area contributed by atoms with Crippen LogP contribution in [0.25, 0.3) is 17.3 Å². The highest BCUT2D eigenvalue weighted by Crippen LogP contribution is 2.25. The SMILES string of the molecule is NC(=O)C1(O)CCN(C(=O)/C=C/c2cn(Cc3ccccc3)nc2-c2ccccc2)CC1. The predicted octanol–water partition coefficient (Wildman–Crippen LogP) is 2.45. The van der Waals surface area contributed by atoms with Gasteiger partial charge in [0.2, 0.25) is 11.8 Å². The van der Waals surface area contributed by atoms with Gasteiger partial charge >= 0.3 is 0 Å². The Morgan fingerprint density at radius 3 is 2.28 bits per heavy atom. The van der Waals surface area contributed by atoms with Crippen molar-refractivity contribution in [3.63, 3.8) is 0 Å². The van der Waals surface area contributed by atoms with Gasteiger partial charge in [-0.05, 0) is 11.6 Å². The smallest absolute Gasteiger partial charge is 0.249 e. The summed E-state index contributed by atoms with van der Waals surface area (Å²) in [6.45, 7) is 1.18. The van der Waals surface area contributed by atoms with Crippen LogP contribution in [0.3, 0.4) is 0 Å². The number of rotatable bonds is 6. The van der Waals surface area contributed by atoms with Crippen LogP contribution in [0.2, 0.25) is 0 Å². The summed E-state index contributed by atoms with van der Waals surface area (Å²) in [7, 11) is 0. The molecule has 1 fully saturated rings. The molecule has 0 unspecified atom stereocenters. The lowest BCUT2D eigenvalue weighted by Crippen LogP contribution is -2.53. The van der Waals surface area contributed by atoms with Gasteiger partial charge in [-0.3, -0.25) is 14.3 Å². The number of aromatic nitrogens is 2.